The van der Waals surface area contributed by atoms with Crippen LogP contribution in [-0.4, -0.2) is 32.7 Å². The molecule has 0 aliphatic heterocycles. The van der Waals surface area contributed by atoms with E-state index in [1.54, 1.807) is 30.9 Å². The topological polar surface area (TPSA) is 76.0 Å². The van der Waals surface area contributed by atoms with Gasteiger partial charge >= 0.3 is 0 Å². The number of fused-ring (bicyclic) bond motifs is 1. The average molecular weight is 442 g/mol. The number of rotatable bonds is 7. The summed E-state index contributed by atoms with van der Waals surface area (Å²) in [6.07, 6.45) is 10.1. The molecule has 0 aliphatic rings. The van der Waals surface area contributed by atoms with Gasteiger partial charge in [-0.2, -0.15) is 0 Å². The lowest BCUT2D eigenvalue weighted by Gasteiger charge is -2.12. The average Bonchev–Trinajstić information content (AvgIpc) is 2.84. The number of benzene rings is 2. The fourth-order valence-electron chi connectivity index (χ4n) is 3.11. The molecule has 1 N–H and O–H groups in total. The molecule has 0 radical (unpaired) electrons. The van der Waals surface area contributed by atoms with E-state index in [2.05, 4.69) is 36.8 Å². The van der Waals surface area contributed by atoms with Gasteiger partial charge < -0.3 is 5.32 Å². The maximum atomic E-state index is 13.8. The Labute approximate surface area is 189 Å². The SMILES string of the molecule is C=C(CNc1nc(-c2cnccn2)nc2cc(-c3ccc(F)c(F)c3)ccc12)N=C/C=C\C. The molecule has 0 amide bonds. The standard InChI is InChI=1S/C25H20F2N6/c1-3-4-9-29-16(2)14-31-24-19-7-5-18(17-6-8-20(26)21(27)12-17)13-22(19)32-25(33-24)23-15-28-10-11-30-23/h3-13,15H,2,14H2,1H3,(H,31,32,33)/b4-3-,29-9?. The van der Waals surface area contributed by atoms with Gasteiger partial charge in [-0.1, -0.05) is 24.8 Å². The van der Waals surface area contributed by atoms with E-state index in [0.29, 0.717) is 46.2 Å². The molecule has 0 saturated carbocycles. The van der Waals surface area contributed by atoms with Crippen molar-refractivity contribution < 1.29 is 8.78 Å². The molecule has 0 atom stereocenters. The molecule has 4 aromatic rings. The molecule has 0 aliphatic carbocycles. The highest BCUT2D eigenvalue weighted by atomic mass is 19.2. The van der Waals surface area contributed by atoms with Crippen LogP contribution in [0.15, 0.2) is 84.4 Å². The van der Waals surface area contributed by atoms with Gasteiger partial charge in [-0.05, 0) is 48.4 Å². The molecule has 4 rings (SSSR count). The molecule has 2 heterocycles. The van der Waals surface area contributed by atoms with E-state index in [1.165, 1.54) is 6.07 Å². The highest BCUT2D eigenvalue weighted by molar-refractivity contribution is 5.93. The van der Waals surface area contributed by atoms with Crippen LogP contribution in [0.3, 0.4) is 0 Å². The molecule has 0 bridgehead atoms. The van der Waals surface area contributed by atoms with Gasteiger partial charge in [-0.3, -0.25) is 9.98 Å². The van der Waals surface area contributed by atoms with Gasteiger partial charge in [0.1, 0.15) is 11.5 Å². The Hall–Kier alpha value is -4.33. The van der Waals surface area contributed by atoms with Gasteiger partial charge in [-0.15, -0.1) is 0 Å². The third-order valence-corrected chi connectivity index (χ3v) is 4.74. The lowest BCUT2D eigenvalue weighted by molar-refractivity contribution is 0.509. The lowest BCUT2D eigenvalue weighted by Crippen LogP contribution is -2.07. The van der Waals surface area contributed by atoms with Crippen molar-refractivity contribution in [2.45, 2.75) is 6.92 Å². The summed E-state index contributed by atoms with van der Waals surface area (Å²) in [5, 5.41) is 4.00. The van der Waals surface area contributed by atoms with Crippen LogP contribution in [0, 0.1) is 11.6 Å². The Balaban J connectivity index is 1.76. The molecule has 6 nitrogen and oxygen atoms in total. The van der Waals surface area contributed by atoms with Gasteiger partial charge in [0.25, 0.3) is 0 Å². The summed E-state index contributed by atoms with van der Waals surface area (Å²) in [4.78, 5) is 21.9. The first-order chi connectivity index (χ1) is 16.0. The number of anilines is 1. The molecular formula is C25H20F2N6. The van der Waals surface area contributed by atoms with Crippen LogP contribution >= 0.6 is 0 Å². The Morgan fingerprint density at radius 2 is 1.88 bits per heavy atom. The normalized spacial score (nSPS) is 11.5. The summed E-state index contributed by atoms with van der Waals surface area (Å²) in [5.74, 6) is -0.853. The highest BCUT2D eigenvalue weighted by Crippen LogP contribution is 2.29. The van der Waals surface area contributed by atoms with Crippen LogP contribution in [0.2, 0.25) is 0 Å². The molecule has 8 heteroatoms. The lowest BCUT2D eigenvalue weighted by atomic mass is 10.0. The minimum Gasteiger partial charge on any atom is -0.364 e. The maximum Gasteiger partial charge on any atom is 0.182 e. The molecule has 0 spiro atoms. The minimum absolute atomic E-state index is 0.366. The van der Waals surface area contributed by atoms with E-state index in [-0.39, 0.29) is 0 Å². The molecule has 2 aromatic carbocycles. The number of aromatic nitrogens is 4. The summed E-state index contributed by atoms with van der Waals surface area (Å²) in [6.45, 7) is 6.22. The van der Waals surface area contributed by atoms with Crippen LogP contribution < -0.4 is 5.32 Å². The molecule has 0 fully saturated rings. The number of hydrogen-bond acceptors (Lipinski definition) is 6. The van der Waals surface area contributed by atoms with E-state index in [4.69, 9.17) is 0 Å². The van der Waals surface area contributed by atoms with Gasteiger partial charge in [0, 0.05) is 24.0 Å². The largest absolute Gasteiger partial charge is 0.364 e. The third kappa shape index (κ3) is 5.12. The number of allylic oxidation sites excluding steroid dienone is 2. The second-order valence-corrected chi connectivity index (χ2v) is 7.07. The third-order valence-electron chi connectivity index (χ3n) is 4.74. The van der Waals surface area contributed by atoms with Crippen LogP contribution in [0.4, 0.5) is 14.6 Å². The zero-order valence-corrected chi connectivity index (χ0v) is 17.8. The molecule has 2 aromatic heterocycles. The second kappa shape index (κ2) is 9.86. The van der Waals surface area contributed by atoms with E-state index in [9.17, 15) is 8.78 Å². The number of hydrogen-bond donors (Lipinski definition) is 1. The minimum atomic E-state index is -0.908. The van der Waals surface area contributed by atoms with Crippen molar-refractivity contribution in [2.75, 3.05) is 11.9 Å². The monoisotopic (exact) mass is 442 g/mol. The predicted molar refractivity (Wildman–Crippen MR) is 127 cm³/mol. The first-order valence-electron chi connectivity index (χ1n) is 10.2. The van der Waals surface area contributed by atoms with E-state index < -0.39 is 11.6 Å². The van der Waals surface area contributed by atoms with Crippen LogP contribution in [0.5, 0.6) is 0 Å². The first kappa shape index (κ1) is 21.9. The van der Waals surface area contributed by atoms with Gasteiger partial charge in [-0.25, -0.2) is 23.7 Å². The fourth-order valence-corrected chi connectivity index (χ4v) is 3.11. The van der Waals surface area contributed by atoms with Crippen molar-refractivity contribution in [3.8, 4) is 22.6 Å². The number of nitrogens with zero attached hydrogens (tertiary/aromatic N) is 5. The van der Waals surface area contributed by atoms with Gasteiger partial charge in [0.05, 0.1) is 24.0 Å². The Bertz CT molecular complexity index is 1370. The summed E-state index contributed by atoms with van der Waals surface area (Å²) in [7, 11) is 0. The smallest absolute Gasteiger partial charge is 0.182 e. The maximum absolute atomic E-state index is 13.8. The summed E-state index contributed by atoms with van der Waals surface area (Å²) in [6, 6.07) is 9.23. The fraction of sp³-hybridized carbons (Fsp3) is 0.0800. The van der Waals surface area contributed by atoms with Crippen molar-refractivity contribution in [3.63, 3.8) is 0 Å². The van der Waals surface area contributed by atoms with Crippen molar-refractivity contribution >= 4 is 22.9 Å². The van der Waals surface area contributed by atoms with Gasteiger partial charge in [0.2, 0.25) is 0 Å². The van der Waals surface area contributed by atoms with Crippen LogP contribution in [0.25, 0.3) is 33.5 Å². The molecule has 33 heavy (non-hydrogen) atoms. The zero-order chi connectivity index (χ0) is 23.2. The summed E-state index contributed by atoms with van der Waals surface area (Å²) < 4.78 is 27.1. The van der Waals surface area contributed by atoms with E-state index in [1.807, 2.05) is 31.2 Å². The number of halogens is 2. The second-order valence-electron chi connectivity index (χ2n) is 7.07. The highest BCUT2D eigenvalue weighted by Gasteiger charge is 2.13. The van der Waals surface area contributed by atoms with Crippen molar-refractivity contribution in [2.24, 2.45) is 4.99 Å². The summed E-state index contributed by atoms with van der Waals surface area (Å²) >= 11 is 0. The molecular weight excluding hydrogens is 422 g/mol. The molecule has 164 valence electrons. The van der Waals surface area contributed by atoms with Gasteiger partial charge in [0.15, 0.2) is 17.5 Å². The number of aliphatic imine (C=N–C) groups is 1. The predicted octanol–water partition coefficient (Wildman–Crippen LogP) is 5.60. The van der Waals surface area contributed by atoms with E-state index in [0.717, 1.165) is 17.5 Å². The Kier molecular flexibility index (Phi) is 6.54. The Morgan fingerprint density at radius 1 is 1.06 bits per heavy atom. The molecule has 0 unspecified atom stereocenters. The van der Waals surface area contributed by atoms with Crippen LogP contribution in [-0.2, 0) is 0 Å². The van der Waals surface area contributed by atoms with Crippen molar-refractivity contribution in [1.82, 2.24) is 19.9 Å². The summed E-state index contributed by atoms with van der Waals surface area (Å²) in [5.41, 5.74) is 2.97. The quantitative estimate of drug-likeness (QED) is 0.377. The zero-order valence-electron chi connectivity index (χ0n) is 17.8. The Morgan fingerprint density at radius 3 is 2.64 bits per heavy atom. The van der Waals surface area contributed by atoms with E-state index >= 15 is 0 Å². The van der Waals surface area contributed by atoms with Crippen molar-refractivity contribution in [1.29, 1.82) is 0 Å². The first-order valence-corrected chi connectivity index (χ1v) is 10.2. The number of nitrogens with one attached hydrogen (secondary N) is 1. The molecule has 0 saturated heterocycles. The van der Waals surface area contributed by atoms with Crippen molar-refractivity contribution in [3.05, 3.63) is 91.1 Å². The van der Waals surface area contributed by atoms with Crippen LogP contribution in [0.1, 0.15) is 6.92 Å².